The first-order valence-corrected chi connectivity index (χ1v) is 10.3. The van der Waals surface area contributed by atoms with Gasteiger partial charge in [0.15, 0.2) is 0 Å². The Labute approximate surface area is 169 Å². The lowest BCUT2D eigenvalue weighted by Gasteiger charge is -2.41. The quantitative estimate of drug-likeness (QED) is 0.775. The van der Waals surface area contributed by atoms with Crippen molar-refractivity contribution in [2.45, 2.75) is 71.7 Å². The average molecular weight is 390 g/mol. The molecule has 156 valence electrons. The van der Waals surface area contributed by atoms with Gasteiger partial charge in [0.25, 0.3) is 0 Å². The summed E-state index contributed by atoms with van der Waals surface area (Å²) in [7, 11) is 0. The van der Waals surface area contributed by atoms with Gasteiger partial charge in [-0.15, -0.1) is 0 Å². The van der Waals surface area contributed by atoms with Crippen molar-refractivity contribution in [2.75, 3.05) is 13.1 Å². The summed E-state index contributed by atoms with van der Waals surface area (Å²) in [6, 6.07) is 9.11. The number of hydrogen-bond acceptors (Lipinski definition) is 4. The molecule has 0 radical (unpaired) electrons. The SMILES string of the molecule is CC(C)[C@H](N)C(=O)N1CCCC[C@@H]1CN(C(=O)OCc1ccccc1)C(C)C. The van der Waals surface area contributed by atoms with E-state index < -0.39 is 6.04 Å². The van der Waals surface area contributed by atoms with E-state index in [2.05, 4.69) is 0 Å². The van der Waals surface area contributed by atoms with Crippen LogP contribution < -0.4 is 5.73 Å². The van der Waals surface area contributed by atoms with Gasteiger partial charge in [-0.3, -0.25) is 4.79 Å². The normalized spacial score (nSPS) is 18.2. The van der Waals surface area contributed by atoms with Crippen LogP contribution in [0.15, 0.2) is 30.3 Å². The highest BCUT2D eigenvalue weighted by Gasteiger charge is 2.34. The van der Waals surface area contributed by atoms with Crippen LogP contribution >= 0.6 is 0 Å². The molecular formula is C22H35N3O3. The summed E-state index contributed by atoms with van der Waals surface area (Å²) in [6.07, 6.45) is 2.57. The molecule has 6 nitrogen and oxygen atoms in total. The fourth-order valence-corrected chi connectivity index (χ4v) is 3.48. The van der Waals surface area contributed by atoms with Crippen molar-refractivity contribution in [3.63, 3.8) is 0 Å². The Hall–Kier alpha value is -2.08. The number of amides is 2. The number of rotatable bonds is 7. The van der Waals surface area contributed by atoms with Gasteiger partial charge in [0.2, 0.25) is 5.91 Å². The van der Waals surface area contributed by atoms with E-state index in [0.717, 1.165) is 24.8 Å². The molecule has 1 aromatic rings. The molecule has 2 amide bonds. The Kier molecular flexibility index (Phi) is 8.30. The van der Waals surface area contributed by atoms with E-state index in [1.165, 1.54) is 0 Å². The predicted molar refractivity (Wildman–Crippen MR) is 111 cm³/mol. The number of nitrogens with zero attached hydrogens (tertiary/aromatic N) is 2. The Morgan fingerprint density at radius 1 is 1.18 bits per heavy atom. The van der Waals surface area contributed by atoms with E-state index in [0.29, 0.717) is 13.1 Å². The summed E-state index contributed by atoms with van der Waals surface area (Å²) in [5.74, 6) is 0.0770. The molecule has 1 saturated heterocycles. The maximum absolute atomic E-state index is 12.8. The second kappa shape index (κ2) is 10.5. The largest absolute Gasteiger partial charge is 0.445 e. The van der Waals surface area contributed by atoms with Gasteiger partial charge >= 0.3 is 6.09 Å². The van der Waals surface area contributed by atoms with Crippen molar-refractivity contribution in [3.8, 4) is 0 Å². The van der Waals surface area contributed by atoms with Crippen LogP contribution in [0.3, 0.4) is 0 Å². The lowest BCUT2D eigenvalue weighted by molar-refractivity contribution is -0.137. The van der Waals surface area contributed by atoms with E-state index in [1.54, 1.807) is 4.90 Å². The zero-order chi connectivity index (χ0) is 20.7. The Morgan fingerprint density at radius 2 is 1.86 bits per heavy atom. The maximum Gasteiger partial charge on any atom is 0.410 e. The first kappa shape index (κ1) is 22.2. The second-order valence-electron chi connectivity index (χ2n) is 8.24. The highest BCUT2D eigenvalue weighted by atomic mass is 16.6. The van der Waals surface area contributed by atoms with E-state index in [-0.39, 0.29) is 36.6 Å². The number of ether oxygens (including phenoxy) is 1. The zero-order valence-electron chi connectivity index (χ0n) is 17.6. The summed E-state index contributed by atoms with van der Waals surface area (Å²) < 4.78 is 5.53. The molecule has 28 heavy (non-hydrogen) atoms. The lowest BCUT2D eigenvalue weighted by Crippen LogP contribution is -2.56. The van der Waals surface area contributed by atoms with Crippen molar-refractivity contribution in [3.05, 3.63) is 35.9 Å². The molecule has 1 aromatic carbocycles. The number of carbonyl (C=O) groups excluding carboxylic acids is 2. The van der Waals surface area contributed by atoms with Gasteiger partial charge in [-0.2, -0.15) is 0 Å². The van der Waals surface area contributed by atoms with Gasteiger partial charge in [0, 0.05) is 25.2 Å². The number of carbonyl (C=O) groups is 2. The van der Waals surface area contributed by atoms with E-state index in [9.17, 15) is 9.59 Å². The summed E-state index contributed by atoms with van der Waals surface area (Å²) in [4.78, 5) is 29.2. The van der Waals surface area contributed by atoms with Crippen LogP contribution in [0.1, 0.15) is 52.5 Å². The molecule has 1 aliphatic heterocycles. The molecule has 0 aromatic heterocycles. The van der Waals surface area contributed by atoms with E-state index in [4.69, 9.17) is 10.5 Å². The third-order valence-corrected chi connectivity index (χ3v) is 5.38. The van der Waals surface area contributed by atoms with Gasteiger partial charge in [-0.1, -0.05) is 44.2 Å². The van der Waals surface area contributed by atoms with Crippen LogP contribution in [-0.2, 0) is 16.1 Å². The fourth-order valence-electron chi connectivity index (χ4n) is 3.48. The molecule has 2 atom stereocenters. The third kappa shape index (κ3) is 5.96. The standard InChI is InChI=1S/C22H35N3O3/c1-16(2)20(23)21(26)24-13-9-8-12-19(24)14-25(17(3)4)22(27)28-15-18-10-6-5-7-11-18/h5-7,10-11,16-17,19-20H,8-9,12-15,23H2,1-4H3/t19-,20+/m1/s1. The Morgan fingerprint density at radius 3 is 2.46 bits per heavy atom. The number of piperidine rings is 1. The molecule has 0 unspecified atom stereocenters. The Bertz CT molecular complexity index is 633. The van der Waals surface area contributed by atoms with Crippen LogP contribution in [0, 0.1) is 5.92 Å². The minimum Gasteiger partial charge on any atom is -0.445 e. The zero-order valence-corrected chi connectivity index (χ0v) is 17.6. The van der Waals surface area contributed by atoms with Gasteiger partial charge in [0.05, 0.1) is 6.04 Å². The summed E-state index contributed by atoms with van der Waals surface area (Å²) in [5, 5.41) is 0. The smallest absolute Gasteiger partial charge is 0.410 e. The summed E-state index contributed by atoms with van der Waals surface area (Å²) in [5.41, 5.74) is 7.07. The first-order valence-electron chi connectivity index (χ1n) is 10.3. The van der Waals surface area contributed by atoms with Crippen molar-refractivity contribution < 1.29 is 14.3 Å². The van der Waals surface area contributed by atoms with E-state index in [1.807, 2.05) is 62.9 Å². The fraction of sp³-hybridized carbons (Fsp3) is 0.636. The average Bonchev–Trinajstić information content (AvgIpc) is 2.69. The molecule has 1 fully saturated rings. The molecule has 0 saturated carbocycles. The second-order valence-corrected chi connectivity index (χ2v) is 8.24. The predicted octanol–water partition coefficient (Wildman–Crippen LogP) is 3.40. The van der Waals surface area contributed by atoms with Crippen LogP contribution in [0.5, 0.6) is 0 Å². The van der Waals surface area contributed by atoms with Gasteiger partial charge in [0.1, 0.15) is 6.61 Å². The van der Waals surface area contributed by atoms with Crippen molar-refractivity contribution in [1.82, 2.24) is 9.80 Å². The van der Waals surface area contributed by atoms with E-state index >= 15 is 0 Å². The van der Waals surface area contributed by atoms with Crippen molar-refractivity contribution >= 4 is 12.0 Å². The monoisotopic (exact) mass is 389 g/mol. The number of hydrogen-bond donors (Lipinski definition) is 1. The van der Waals surface area contributed by atoms with Crippen molar-refractivity contribution in [1.29, 1.82) is 0 Å². The highest BCUT2D eigenvalue weighted by molar-refractivity contribution is 5.82. The molecule has 2 rings (SSSR count). The molecule has 6 heteroatoms. The number of likely N-dealkylation sites (tertiary alicyclic amines) is 1. The van der Waals surface area contributed by atoms with Crippen LogP contribution in [0.25, 0.3) is 0 Å². The molecular weight excluding hydrogens is 354 g/mol. The van der Waals surface area contributed by atoms with Crippen LogP contribution in [0.4, 0.5) is 4.79 Å². The molecule has 2 N–H and O–H groups in total. The first-order chi connectivity index (χ1) is 13.3. The van der Waals surface area contributed by atoms with Crippen LogP contribution in [-0.4, -0.2) is 53.0 Å². The van der Waals surface area contributed by atoms with Gasteiger partial charge in [-0.25, -0.2) is 4.79 Å². The lowest BCUT2D eigenvalue weighted by atomic mass is 9.97. The van der Waals surface area contributed by atoms with Gasteiger partial charge < -0.3 is 20.3 Å². The molecule has 1 heterocycles. The minimum atomic E-state index is -0.502. The van der Waals surface area contributed by atoms with Crippen LogP contribution in [0.2, 0.25) is 0 Å². The number of benzene rings is 1. The molecule has 0 spiro atoms. The highest BCUT2D eigenvalue weighted by Crippen LogP contribution is 2.21. The third-order valence-electron chi connectivity index (χ3n) is 5.38. The molecule has 1 aliphatic rings. The molecule has 0 bridgehead atoms. The molecule has 0 aliphatic carbocycles. The Balaban J connectivity index is 2.03. The minimum absolute atomic E-state index is 0.0129. The summed E-state index contributed by atoms with van der Waals surface area (Å²) >= 11 is 0. The summed E-state index contributed by atoms with van der Waals surface area (Å²) in [6.45, 7) is 9.29. The maximum atomic E-state index is 12.8. The van der Waals surface area contributed by atoms with Crippen molar-refractivity contribution in [2.24, 2.45) is 11.7 Å². The number of nitrogens with two attached hydrogens (primary N) is 1. The van der Waals surface area contributed by atoms with Gasteiger partial charge in [-0.05, 0) is 44.6 Å². The topological polar surface area (TPSA) is 75.9 Å².